The number of halogens is 1. The summed E-state index contributed by atoms with van der Waals surface area (Å²) < 4.78 is 19.3. The summed E-state index contributed by atoms with van der Waals surface area (Å²) in [5, 5.41) is 10.3. The minimum absolute atomic E-state index is 0.246. The van der Waals surface area contributed by atoms with Gasteiger partial charge in [0.05, 0.1) is 12.8 Å². The number of aliphatic hydroxyl groups is 1. The molecule has 19 heavy (non-hydrogen) atoms. The molecule has 1 aromatic carbocycles. The van der Waals surface area contributed by atoms with E-state index in [0.717, 1.165) is 0 Å². The Hall–Kier alpha value is -1.94. The topological polar surface area (TPSA) is 42.4 Å². The number of hydrogen-bond acceptors (Lipinski definition) is 3. The van der Waals surface area contributed by atoms with Crippen LogP contribution in [0.25, 0.3) is 0 Å². The van der Waals surface area contributed by atoms with Crippen molar-refractivity contribution in [1.82, 2.24) is 4.98 Å². The molecule has 4 heteroatoms. The Balaban J connectivity index is 2.35. The number of benzene rings is 1. The summed E-state index contributed by atoms with van der Waals surface area (Å²) in [6, 6.07) is 6.63. The summed E-state index contributed by atoms with van der Waals surface area (Å²) in [4.78, 5) is 3.99. The summed E-state index contributed by atoms with van der Waals surface area (Å²) in [5.41, 5.74) is 1.26. The second kappa shape index (κ2) is 5.80. The first-order chi connectivity index (χ1) is 9.13. The molecule has 1 N–H and O–H groups in total. The van der Waals surface area contributed by atoms with E-state index in [9.17, 15) is 9.50 Å². The van der Waals surface area contributed by atoms with Crippen molar-refractivity contribution < 1.29 is 14.2 Å². The normalized spacial score (nSPS) is 12.2. The molecular weight excluding hydrogens is 245 g/mol. The van der Waals surface area contributed by atoms with Crippen LogP contribution in [0.15, 0.2) is 36.7 Å². The molecule has 0 radical (unpaired) electrons. The highest BCUT2D eigenvalue weighted by Gasteiger charge is 2.17. The van der Waals surface area contributed by atoms with Crippen LogP contribution in [0.3, 0.4) is 0 Å². The van der Waals surface area contributed by atoms with E-state index in [-0.39, 0.29) is 5.56 Å². The average Bonchev–Trinajstić information content (AvgIpc) is 2.42. The van der Waals surface area contributed by atoms with E-state index in [0.29, 0.717) is 23.5 Å². The molecule has 1 unspecified atom stereocenters. The lowest BCUT2D eigenvalue weighted by molar-refractivity contribution is 0.213. The predicted molar refractivity (Wildman–Crippen MR) is 70.6 cm³/mol. The number of rotatable bonds is 4. The highest BCUT2D eigenvalue weighted by Crippen LogP contribution is 2.27. The number of pyridine rings is 1. The lowest BCUT2D eigenvalue weighted by atomic mass is 10.0. The molecule has 3 nitrogen and oxygen atoms in total. The van der Waals surface area contributed by atoms with Crippen LogP contribution in [-0.4, -0.2) is 16.7 Å². The fourth-order valence-corrected chi connectivity index (χ4v) is 1.89. The SMILES string of the molecule is CCOc1cncc(C(O)c2cccc(C)c2F)c1. The van der Waals surface area contributed by atoms with Crippen LogP contribution in [0, 0.1) is 12.7 Å². The first kappa shape index (κ1) is 13.5. The van der Waals surface area contributed by atoms with E-state index < -0.39 is 11.9 Å². The molecule has 0 saturated carbocycles. The Labute approximate surface area is 111 Å². The number of aliphatic hydroxyl groups excluding tert-OH is 1. The molecule has 2 aromatic rings. The van der Waals surface area contributed by atoms with Gasteiger partial charge in [-0.15, -0.1) is 0 Å². The molecule has 0 saturated heterocycles. The van der Waals surface area contributed by atoms with Crippen molar-refractivity contribution in [2.75, 3.05) is 6.61 Å². The van der Waals surface area contributed by atoms with Gasteiger partial charge in [-0.25, -0.2) is 4.39 Å². The second-order valence-corrected chi connectivity index (χ2v) is 4.27. The maximum Gasteiger partial charge on any atom is 0.137 e. The van der Waals surface area contributed by atoms with Crippen LogP contribution in [-0.2, 0) is 0 Å². The lowest BCUT2D eigenvalue weighted by Crippen LogP contribution is -2.05. The molecule has 2 rings (SSSR count). The van der Waals surface area contributed by atoms with Gasteiger partial charge in [0.2, 0.25) is 0 Å². The van der Waals surface area contributed by atoms with Crippen LogP contribution >= 0.6 is 0 Å². The first-order valence-corrected chi connectivity index (χ1v) is 6.14. The minimum atomic E-state index is -1.05. The van der Waals surface area contributed by atoms with Crippen molar-refractivity contribution in [3.8, 4) is 5.75 Å². The monoisotopic (exact) mass is 261 g/mol. The van der Waals surface area contributed by atoms with Crippen molar-refractivity contribution in [1.29, 1.82) is 0 Å². The molecule has 0 aliphatic heterocycles. The van der Waals surface area contributed by atoms with Crippen LogP contribution in [0.1, 0.15) is 29.7 Å². The number of nitrogens with zero attached hydrogens (tertiary/aromatic N) is 1. The third-order valence-corrected chi connectivity index (χ3v) is 2.88. The summed E-state index contributed by atoms with van der Waals surface area (Å²) in [7, 11) is 0. The Bertz CT molecular complexity index is 572. The highest BCUT2D eigenvalue weighted by molar-refractivity contribution is 5.35. The maximum absolute atomic E-state index is 14.0. The molecule has 0 spiro atoms. The van der Waals surface area contributed by atoms with E-state index in [1.54, 1.807) is 37.4 Å². The molecule has 100 valence electrons. The smallest absolute Gasteiger partial charge is 0.137 e. The average molecular weight is 261 g/mol. The van der Waals surface area contributed by atoms with Crippen molar-refractivity contribution in [2.24, 2.45) is 0 Å². The zero-order valence-electron chi connectivity index (χ0n) is 10.9. The fraction of sp³-hybridized carbons (Fsp3) is 0.267. The van der Waals surface area contributed by atoms with Crippen molar-refractivity contribution in [3.05, 3.63) is 59.2 Å². The third-order valence-electron chi connectivity index (χ3n) is 2.88. The van der Waals surface area contributed by atoms with E-state index >= 15 is 0 Å². The largest absolute Gasteiger partial charge is 0.492 e. The lowest BCUT2D eigenvalue weighted by Gasteiger charge is -2.14. The van der Waals surface area contributed by atoms with Gasteiger partial charge in [-0.05, 0) is 25.5 Å². The number of ether oxygens (including phenoxy) is 1. The van der Waals surface area contributed by atoms with E-state index in [2.05, 4.69) is 4.98 Å². The van der Waals surface area contributed by atoms with Gasteiger partial charge in [-0.1, -0.05) is 18.2 Å². The highest BCUT2D eigenvalue weighted by atomic mass is 19.1. The van der Waals surface area contributed by atoms with E-state index in [4.69, 9.17) is 4.74 Å². The van der Waals surface area contributed by atoms with E-state index in [1.165, 1.54) is 6.20 Å². The summed E-state index contributed by atoms with van der Waals surface area (Å²) in [6.07, 6.45) is 2.02. The molecule has 1 atom stereocenters. The molecule has 1 aromatic heterocycles. The van der Waals surface area contributed by atoms with E-state index in [1.807, 2.05) is 6.92 Å². The van der Waals surface area contributed by atoms with Gasteiger partial charge in [0, 0.05) is 17.3 Å². The molecular formula is C15H16FNO2. The van der Waals surface area contributed by atoms with Crippen LogP contribution in [0.4, 0.5) is 4.39 Å². The van der Waals surface area contributed by atoms with Crippen molar-refractivity contribution in [3.63, 3.8) is 0 Å². The number of aromatic nitrogens is 1. The van der Waals surface area contributed by atoms with Gasteiger partial charge in [0.25, 0.3) is 0 Å². The Morgan fingerprint density at radius 2 is 2.16 bits per heavy atom. The summed E-state index contributed by atoms with van der Waals surface area (Å²) >= 11 is 0. The molecule has 0 fully saturated rings. The Morgan fingerprint density at radius 3 is 2.89 bits per heavy atom. The van der Waals surface area contributed by atoms with Crippen LogP contribution in [0.2, 0.25) is 0 Å². The van der Waals surface area contributed by atoms with Gasteiger partial charge in [-0.2, -0.15) is 0 Å². The second-order valence-electron chi connectivity index (χ2n) is 4.27. The van der Waals surface area contributed by atoms with Crippen LogP contribution < -0.4 is 4.74 Å². The number of aryl methyl sites for hydroxylation is 1. The standard InChI is InChI=1S/C15H16FNO2/c1-3-19-12-7-11(8-17-9-12)15(18)13-6-4-5-10(2)14(13)16/h4-9,15,18H,3H2,1-2H3. The Kier molecular flexibility index (Phi) is 4.12. The quantitative estimate of drug-likeness (QED) is 0.920. The maximum atomic E-state index is 14.0. The molecule has 0 aliphatic rings. The van der Waals surface area contributed by atoms with Crippen molar-refractivity contribution >= 4 is 0 Å². The molecule has 0 aliphatic carbocycles. The molecule has 0 bridgehead atoms. The third kappa shape index (κ3) is 2.90. The summed E-state index contributed by atoms with van der Waals surface area (Å²) in [6.45, 7) is 4.05. The van der Waals surface area contributed by atoms with Gasteiger partial charge >= 0.3 is 0 Å². The minimum Gasteiger partial charge on any atom is -0.492 e. The zero-order valence-corrected chi connectivity index (χ0v) is 10.9. The zero-order chi connectivity index (χ0) is 13.8. The van der Waals surface area contributed by atoms with Gasteiger partial charge in [0.15, 0.2) is 0 Å². The fourth-order valence-electron chi connectivity index (χ4n) is 1.89. The molecule has 1 heterocycles. The number of hydrogen-bond donors (Lipinski definition) is 1. The predicted octanol–water partition coefficient (Wildman–Crippen LogP) is 3.01. The van der Waals surface area contributed by atoms with Crippen molar-refractivity contribution in [2.45, 2.75) is 20.0 Å². The first-order valence-electron chi connectivity index (χ1n) is 6.14. The Morgan fingerprint density at radius 1 is 1.37 bits per heavy atom. The molecule has 0 amide bonds. The van der Waals surface area contributed by atoms with Crippen LogP contribution in [0.5, 0.6) is 5.75 Å². The van der Waals surface area contributed by atoms with Gasteiger partial charge in [-0.3, -0.25) is 4.98 Å². The van der Waals surface area contributed by atoms with Gasteiger partial charge < -0.3 is 9.84 Å². The summed E-state index contributed by atoms with van der Waals surface area (Å²) in [5.74, 6) is 0.170. The van der Waals surface area contributed by atoms with Gasteiger partial charge in [0.1, 0.15) is 17.7 Å².